The number of aromatic nitrogens is 4. The number of benzene rings is 2. The van der Waals surface area contributed by atoms with Crippen molar-refractivity contribution < 1.29 is 0 Å². The molecule has 0 bridgehead atoms. The van der Waals surface area contributed by atoms with E-state index in [1.54, 1.807) is 18.2 Å². The average molecular weight is 455 g/mol. The lowest BCUT2D eigenvalue weighted by atomic mass is 9.95. The van der Waals surface area contributed by atoms with Gasteiger partial charge in [0.05, 0.1) is 0 Å². The third-order valence-electron chi connectivity index (χ3n) is 7.88. The molecule has 6 heteroatoms. The second kappa shape index (κ2) is 9.72. The van der Waals surface area contributed by atoms with Crippen LogP contribution in [0.5, 0.6) is 0 Å². The predicted molar refractivity (Wildman–Crippen MR) is 136 cm³/mol. The Hall–Kier alpha value is -2.96. The third-order valence-corrected chi connectivity index (χ3v) is 7.88. The first-order chi connectivity index (χ1) is 16.8. The molecule has 0 saturated carbocycles. The van der Waals surface area contributed by atoms with Crippen LogP contribution >= 0.6 is 0 Å². The highest BCUT2D eigenvalue weighted by Crippen LogP contribution is 2.31. The first-order valence-corrected chi connectivity index (χ1v) is 12.8. The van der Waals surface area contributed by atoms with Gasteiger partial charge in [-0.25, -0.2) is 0 Å². The highest BCUT2D eigenvalue weighted by atomic mass is 15.2. The topological polar surface area (TPSA) is 61.8 Å². The zero-order valence-electron chi connectivity index (χ0n) is 19.8. The first-order valence-electron chi connectivity index (χ1n) is 12.8. The van der Waals surface area contributed by atoms with Crippen LogP contribution < -0.4 is 5.32 Å². The van der Waals surface area contributed by atoms with E-state index in [1.807, 2.05) is 4.57 Å². The van der Waals surface area contributed by atoms with Crippen molar-refractivity contribution in [2.75, 3.05) is 26.2 Å². The number of fused-ring (bicyclic) bond motifs is 2. The van der Waals surface area contributed by atoms with E-state index < -0.39 is 0 Å². The van der Waals surface area contributed by atoms with Crippen molar-refractivity contribution in [3.63, 3.8) is 0 Å². The number of aromatic amines is 1. The summed E-state index contributed by atoms with van der Waals surface area (Å²) in [6.45, 7) is 4.82. The van der Waals surface area contributed by atoms with Gasteiger partial charge in [-0.15, -0.1) is 10.2 Å². The quantitative estimate of drug-likeness (QED) is 0.406. The fourth-order valence-corrected chi connectivity index (χ4v) is 5.85. The Morgan fingerprint density at radius 3 is 2.74 bits per heavy atom. The van der Waals surface area contributed by atoms with Crippen LogP contribution in [0.25, 0.3) is 16.6 Å². The molecule has 176 valence electrons. The number of nitrogens with one attached hydrogen (secondary N) is 2. The molecule has 1 unspecified atom stereocenters. The standard InChI is InChI=1S/C28H34N6/c1-2-6-25-22(4-1)7-9-27(25)29-17-21-11-14-33(15-12-21)13-3-5-23-18-30-28-10-8-24(16-26(23)28)34-19-31-32-20-34/h1-2,4,6,8,10,16,18-21,27,29-30H,3,5,7,9,11-15,17H2. The summed E-state index contributed by atoms with van der Waals surface area (Å²) in [5.41, 5.74) is 6.78. The molecule has 6 rings (SSSR count). The number of likely N-dealkylation sites (tertiary alicyclic amines) is 1. The summed E-state index contributed by atoms with van der Waals surface area (Å²) in [5, 5.41) is 13.1. The van der Waals surface area contributed by atoms with Gasteiger partial charge in [0, 0.05) is 28.8 Å². The number of piperidine rings is 1. The van der Waals surface area contributed by atoms with Gasteiger partial charge in [-0.3, -0.25) is 4.57 Å². The maximum atomic E-state index is 3.93. The summed E-state index contributed by atoms with van der Waals surface area (Å²) in [6.07, 6.45) is 13.1. The molecular formula is C28H34N6. The second-order valence-electron chi connectivity index (χ2n) is 10.00. The largest absolute Gasteiger partial charge is 0.361 e. The Morgan fingerprint density at radius 2 is 1.85 bits per heavy atom. The van der Waals surface area contributed by atoms with E-state index >= 15 is 0 Å². The van der Waals surface area contributed by atoms with Gasteiger partial charge in [0.25, 0.3) is 0 Å². The van der Waals surface area contributed by atoms with E-state index in [2.05, 4.69) is 74.1 Å². The summed E-state index contributed by atoms with van der Waals surface area (Å²) in [4.78, 5) is 6.10. The van der Waals surface area contributed by atoms with Crippen molar-refractivity contribution in [3.05, 3.63) is 78.0 Å². The molecule has 2 aromatic heterocycles. The number of H-pyrrole nitrogens is 1. The smallest absolute Gasteiger partial charge is 0.123 e. The molecule has 4 aromatic rings. The van der Waals surface area contributed by atoms with Crippen LogP contribution in [0, 0.1) is 5.92 Å². The number of hydrogen-bond acceptors (Lipinski definition) is 4. The summed E-state index contributed by atoms with van der Waals surface area (Å²) in [6, 6.07) is 16.0. The molecule has 0 radical (unpaired) electrons. The van der Waals surface area contributed by atoms with Gasteiger partial charge in [0.1, 0.15) is 12.7 Å². The maximum Gasteiger partial charge on any atom is 0.123 e. The second-order valence-corrected chi connectivity index (χ2v) is 10.00. The molecule has 2 aromatic carbocycles. The predicted octanol–water partition coefficient (Wildman–Crippen LogP) is 4.67. The van der Waals surface area contributed by atoms with Gasteiger partial charge in [0.2, 0.25) is 0 Å². The molecule has 3 heterocycles. The summed E-state index contributed by atoms with van der Waals surface area (Å²) in [7, 11) is 0. The lowest BCUT2D eigenvalue weighted by Gasteiger charge is -2.32. The van der Waals surface area contributed by atoms with Crippen LogP contribution in [0.15, 0.2) is 61.3 Å². The molecular weight excluding hydrogens is 420 g/mol. The van der Waals surface area contributed by atoms with Crippen LogP contribution in [-0.2, 0) is 12.8 Å². The Morgan fingerprint density at radius 1 is 1.00 bits per heavy atom. The van der Waals surface area contributed by atoms with E-state index in [4.69, 9.17) is 0 Å². The van der Waals surface area contributed by atoms with Crippen molar-refractivity contribution in [3.8, 4) is 5.69 Å². The van der Waals surface area contributed by atoms with Crippen LogP contribution in [0.4, 0.5) is 0 Å². The molecule has 2 N–H and O–H groups in total. The molecule has 0 amide bonds. The summed E-state index contributed by atoms with van der Waals surface area (Å²) < 4.78 is 1.96. The van der Waals surface area contributed by atoms with E-state index in [1.165, 1.54) is 73.8 Å². The molecule has 6 nitrogen and oxygen atoms in total. The van der Waals surface area contributed by atoms with Crippen LogP contribution in [-0.4, -0.2) is 50.8 Å². The van der Waals surface area contributed by atoms with Crippen LogP contribution in [0.1, 0.15) is 48.4 Å². The molecule has 1 atom stereocenters. The monoisotopic (exact) mass is 454 g/mol. The molecule has 1 saturated heterocycles. The van der Waals surface area contributed by atoms with E-state index in [9.17, 15) is 0 Å². The normalized spacial score (nSPS) is 19.1. The van der Waals surface area contributed by atoms with Crippen LogP contribution in [0.2, 0.25) is 0 Å². The van der Waals surface area contributed by atoms with Gasteiger partial charge in [-0.2, -0.15) is 0 Å². The Balaban J connectivity index is 0.963. The maximum absolute atomic E-state index is 3.93. The lowest BCUT2D eigenvalue weighted by molar-refractivity contribution is 0.178. The fraction of sp³-hybridized carbons (Fsp3) is 0.429. The molecule has 1 fully saturated rings. The van der Waals surface area contributed by atoms with E-state index in [0.717, 1.165) is 24.6 Å². The summed E-state index contributed by atoms with van der Waals surface area (Å²) >= 11 is 0. The molecule has 1 aliphatic heterocycles. The third kappa shape index (κ3) is 4.52. The fourth-order valence-electron chi connectivity index (χ4n) is 5.85. The highest BCUT2D eigenvalue weighted by Gasteiger charge is 2.24. The number of aryl methyl sites for hydroxylation is 2. The Labute approximate surface area is 201 Å². The average Bonchev–Trinajstić information content (AvgIpc) is 3.64. The van der Waals surface area contributed by atoms with Crippen molar-refractivity contribution in [2.24, 2.45) is 5.92 Å². The van der Waals surface area contributed by atoms with Gasteiger partial charge in [-0.1, -0.05) is 24.3 Å². The van der Waals surface area contributed by atoms with E-state index in [0.29, 0.717) is 6.04 Å². The summed E-state index contributed by atoms with van der Waals surface area (Å²) in [5.74, 6) is 0.814. The van der Waals surface area contributed by atoms with Gasteiger partial charge >= 0.3 is 0 Å². The first kappa shape index (κ1) is 21.6. The number of nitrogens with zero attached hydrogens (tertiary/aromatic N) is 4. The van der Waals surface area contributed by atoms with Crippen molar-refractivity contribution in [1.82, 2.24) is 30.0 Å². The van der Waals surface area contributed by atoms with Crippen LogP contribution in [0.3, 0.4) is 0 Å². The Bertz CT molecular complexity index is 1220. The molecule has 0 spiro atoms. The van der Waals surface area contributed by atoms with Crippen molar-refractivity contribution in [2.45, 2.75) is 44.6 Å². The minimum absolute atomic E-state index is 0.566. The van der Waals surface area contributed by atoms with Gasteiger partial charge in [-0.05, 0) is 106 Å². The zero-order chi connectivity index (χ0) is 22.7. The van der Waals surface area contributed by atoms with Gasteiger partial charge < -0.3 is 15.2 Å². The molecule has 2 aliphatic rings. The van der Waals surface area contributed by atoms with Crippen molar-refractivity contribution >= 4 is 10.9 Å². The van der Waals surface area contributed by atoms with Gasteiger partial charge in [0.15, 0.2) is 0 Å². The number of hydrogen-bond donors (Lipinski definition) is 2. The van der Waals surface area contributed by atoms with E-state index in [-0.39, 0.29) is 0 Å². The molecule has 1 aliphatic carbocycles. The Kier molecular flexibility index (Phi) is 6.17. The highest BCUT2D eigenvalue weighted by molar-refractivity contribution is 5.85. The lowest BCUT2D eigenvalue weighted by Crippen LogP contribution is -2.38. The minimum atomic E-state index is 0.566. The number of rotatable bonds is 8. The van der Waals surface area contributed by atoms with Crippen molar-refractivity contribution in [1.29, 1.82) is 0 Å². The zero-order valence-corrected chi connectivity index (χ0v) is 19.8. The minimum Gasteiger partial charge on any atom is -0.361 e. The molecule has 34 heavy (non-hydrogen) atoms. The SMILES string of the molecule is c1ccc2c(c1)CCC2NCC1CCN(CCCc2c[nH]c3ccc(-n4cnnc4)cc23)CC1.